The van der Waals surface area contributed by atoms with Crippen LogP contribution in [0.4, 0.5) is 0 Å². The maximum Gasteiger partial charge on any atom is 0.277 e. The van der Waals surface area contributed by atoms with E-state index in [9.17, 15) is 9.90 Å². The average Bonchev–Trinajstić information content (AvgIpc) is 2.56. The molecule has 0 aliphatic heterocycles. The molecule has 0 radical (unpaired) electrons. The first-order valence-electron chi connectivity index (χ1n) is 7.25. The zero-order chi connectivity index (χ0) is 17.4. The van der Waals surface area contributed by atoms with Gasteiger partial charge in [0.1, 0.15) is 17.2 Å². The zero-order valence-electron chi connectivity index (χ0n) is 13.0. The Labute approximate surface area is 144 Å². The van der Waals surface area contributed by atoms with Crippen molar-refractivity contribution in [3.05, 3.63) is 53.1 Å². The summed E-state index contributed by atoms with van der Waals surface area (Å²) in [5.41, 5.74) is 2.76. The molecule has 0 bridgehead atoms. The van der Waals surface area contributed by atoms with Gasteiger partial charge in [-0.25, -0.2) is 5.43 Å². The predicted molar refractivity (Wildman–Crippen MR) is 92.0 cm³/mol. The maximum atomic E-state index is 11.7. The first kappa shape index (κ1) is 17.6. The summed E-state index contributed by atoms with van der Waals surface area (Å²) < 4.78 is 10.6. The number of nitrogens with zero attached hydrogens (tertiary/aromatic N) is 1. The number of rotatable bonds is 7. The molecule has 2 N–H and O–H groups in total. The molecule has 2 aromatic rings. The molecule has 0 saturated heterocycles. The van der Waals surface area contributed by atoms with Crippen LogP contribution in [0.15, 0.2) is 47.6 Å². The average molecular weight is 349 g/mol. The van der Waals surface area contributed by atoms with Crippen LogP contribution >= 0.6 is 11.6 Å². The van der Waals surface area contributed by atoms with Crippen molar-refractivity contribution >= 4 is 23.7 Å². The van der Waals surface area contributed by atoms with Gasteiger partial charge in [-0.2, -0.15) is 5.10 Å². The summed E-state index contributed by atoms with van der Waals surface area (Å²) in [6, 6.07) is 11.7. The fraction of sp³-hybridized carbons (Fsp3) is 0.176. The lowest BCUT2D eigenvalue weighted by atomic mass is 10.2. The number of aromatic hydroxyl groups is 1. The Morgan fingerprint density at radius 2 is 2.08 bits per heavy atom. The van der Waals surface area contributed by atoms with E-state index in [0.29, 0.717) is 28.7 Å². The number of amides is 1. The number of phenols is 1. The largest absolute Gasteiger partial charge is 0.507 e. The van der Waals surface area contributed by atoms with Gasteiger partial charge in [0.2, 0.25) is 0 Å². The highest BCUT2D eigenvalue weighted by molar-refractivity contribution is 6.32. The quantitative estimate of drug-likeness (QED) is 0.595. The minimum atomic E-state index is -0.448. The molecule has 0 unspecified atom stereocenters. The minimum absolute atomic E-state index is 0.00580. The summed E-state index contributed by atoms with van der Waals surface area (Å²) in [6.07, 6.45) is 1.33. The molecule has 2 aromatic carbocycles. The Hall–Kier alpha value is -2.73. The minimum Gasteiger partial charge on any atom is -0.507 e. The lowest BCUT2D eigenvalue weighted by molar-refractivity contribution is -0.123. The SMILES string of the molecule is CCOc1ccc(/C=N/NC(=O)COc2ccccc2Cl)c(O)c1. The molecule has 0 aromatic heterocycles. The predicted octanol–water partition coefficient (Wildman–Crippen LogP) is 2.97. The molecule has 0 aliphatic rings. The fourth-order valence-electron chi connectivity index (χ4n) is 1.80. The molecule has 0 fully saturated rings. The summed E-state index contributed by atoms with van der Waals surface area (Å²) in [5, 5.41) is 14.0. The molecule has 0 aliphatic carbocycles. The van der Waals surface area contributed by atoms with Gasteiger partial charge >= 0.3 is 0 Å². The standard InChI is InChI=1S/C17H17ClN2O4/c1-2-23-13-8-7-12(15(21)9-13)10-19-20-17(22)11-24-16-6-4-3-5-14(16)18/h3-10,21H,2,11H2,1H3,(H,20,22)/b19-10+. The molecule has 24 heavy (non-hydrogen) atoms. The van der Waals surface area contributed by atoms with Crippen LogP contribution in [0.1, 0.15) is 12.5 Å². The number of halogens is 1. The molecule has 0 spiro atoms. The fourth-order valence-corrected chi connectivity index (χ4v) is 1.99. The van der Waals surface area contributed by atoms with E-state index in [-0.39, 0.29) is 12.4 Å². The van der Waals surface area contributed by atoms with Crippen LogP contribution in [0.2, 0.25) is 5.02 Å². The zero-order valence-corrected chi connectivity index (χ0v) is 13.8. The molecule has 126 valence electrons. The monoisotopic (exact) mass is 348 g/mol. The second-order valence-corrected chi connectivity index (χ2v) is 5.07. The van der Waals surface area contributed by atoms with Crippen molar-refractivity contribution < 1.29 is 19.4 Å². The number of para-hydroxylation sites is 1. The molecule has 2 rings (SSSR count). The summed E-state index contributed by atoms with van der Waals surface area (Å²) in [7, 11) is 0. The highest BCUT2D eigenvalue weighted by Gasteiger charge is 2.05. The third kappa shape index (κ3) is 5.17. The van der Waals surface area contributed by atoms with E-state index < -0.39 is 5.91 Å². The molecule has 0 saturated carbocycles. The number of phenolic OH excluding ortho intramolecular Hbond substituents is 1. The van der Waals surface area contributed by atoms with Crippen molar-refractivity contribution in [1.82, 2.24) is 5.43 Å². The highest BCUT2D eigenvalue weighted by Crippen LogP contribution is 2.23. The Kier molecular flexibility index (Phi) is 6.45. The van der Waals surface area contributed by atoms with Crippen LogP contribution in [0.25, 0.3) is 0 Å². The third-order valence-electron chi connectivity index (χ3n) is 2.90. The maximum absolute atomic E-state index is 11.7. The first-order chi connectivity index (χ1) is 11.6. The van der Waals surface area contributed by atoms with Gasteiger partial charge in [0.05, 0.1) is 17.8 Å². The van der Waals surface area contributed by atoms with E-state index in [1.54, 1.807) is 36.4 Å². The van der Waals surface area contributed by atoms with Gasteiger partial charge in [-0.05, 0) is 31.2 Å². The van der Waals surface area contributed by atoms with Crippen LogP contribution in [0.3, 0.4) is 0 Å². The Balaban J connectivity index is 1.85. The number of nitrogens with one attached hydrogen (secondary N) is 1. The molecular weight excluding hydrogens is 332 g/mol. The lowest BCUT2D eigenvalue weighted by Crippen LogP contribution is -2.24. The van der Waals surface area contributed by atoms with Crippen molar-refractivity contribution in [2.45, 2.75) is 6.92 Å². The van der Waals surface area contributed by atoms with E-state index in [1.165, 1.54) is 12.3 Å². The Morgan fingerprint density at radius 1 is 1.29 bits per heavy atom. The summed E-state index contributed by atoms with van der Waals surface area (Å²) in [6.45, 7) is 2.14. The number of hydrogen-bond donors (Lipinski definition) is 2. The van der Waals surface area contributed by atoms with Crippen molar-refractivity contribution in [2.75, 3.05) is 13.2 Å². The number of hydrazone groups is 1. The smallest absolute Gasteiger partial charge is 0.277 e. The van der Waals surface area contributed by atoms with Crippen LogP contribution in [0.5, 0.6) is 17.2 Å². The van der Waals surface area contributed by atoms with Crippen LogP contribution in [-0.2, 0) is 4.79 Å². The van der Waals surface area contributed by atoms with Crippen molar-refractivity contribution in [2.24, 2.45) is 5.10 Å². The highest BCUT2D eigenvalue weighted by atomic mass is 35.5. The van der Waals surface area contributed by atoms with Crippen molar-refractivity contribution in [1.29, 1.82) is 0 Å². The van der Waals surface area contributed by atoms with Gasteiger partial charge in [0, 0.05) is 11.6 Å². The lowest BCUT2D eigenvalue weighted by Gasteiger charge is -2.06. The van der Waals surface area contributed by atoms with E-state index in [0.717, 1.165) is 0 Å². The summed E-state index contributed by atoms with van der Waals surface area (Å²) >= 11 is 5.92. The number of hydrogen-bond acceptors (Lipinski definition) is 5. The topological polar surface area (TPSA) is 80.2 Å². The van der Waals surface area contributed by atoms with Crippen molar-refractivity contribution in [3.8, 4) is 17.2 Å². The van der Waals surface area contributed by atoms with E-state index >= 15 is 0 Å². The van der Waals surface area contributed by atoms with Crippen molar-refractivity contribution in [3.63, 3.8) is 0 Å². The van der Waals surface area contributed by atoms with Crippen LogP contribution in [0, 0.1) is 0 Å². The molecule has 1 amide bonds. The summed E-state index contributed by atoms with van der Waals surface area (Å²) in [5.74, 6) is 0.537. The van der Waals surface area contributed by atoms with Crippen LogP contribution in [-0.4, -0.2) is 30.4 Å². The second-order valence-electron chi connectivity index (χ2n) is 4.67. The molecule has 7 heteroatoms. The van der Waals surface area contributed by atoms with E-state index in [1.807, 2.05) is 6.92 Å². The Bertz CT molecular complexity index is 734. The third-order valence-corrected chi connectivity index (χ3v) is 3.21. The van der Waals surface area contributed by atoms with Gasteiger partial charge in [-0.15, -0.1) is 0 Å². The van der Waals surface area contributed by atoms with E-state index in [4.69, 9.17) is 21.1 Å². The summed E-state index contributed by atoms with van der Waals surface area (Å²) in [4.78, 5) is 11.7. The van der Waals surface area contributed by atoms with Gasteiger partial charge < -0.3 is 14.6 Å². The molecule has 6 nitrogen and oxygen atoms in total. The van der Waals surface area contributed by atoms with Gasteiger partial charge in [0.25, 0.3) is 5.91 Å². The van der Waals surface area contributed by atoms with E-state index in [2.05, 4.69) is 10.5 Å². The van der Waals surface area contributed by atoms with Gasteiger partial charge in [-0.1, -0.05) is 23.7 Å². The second kappa shape index (κ2) is 8.79. The van der Waals surface area contributed by atoms with Gasteiger partial charge in [0.15, 0.2) is 6.61 Å². The van der Waals surface area contributed by atoms with Gasteiger partial charge in [-0.3, -0.25) is 4.79 Å². The molecular formula is C17H17ClN2O4. The first-order valence-corrected chi connectivity index (χ1v) is 7.63. The molecule has 0 atom stereocenters. The molecule has 0 heterocycles. The number of benzene rings is 2. The normalized spacial score (nSPS) is 10.6. The van der Waals surface area contributed by atoms with Crippen LogP contribution < -0.4 is 14.9 Å². The number of carbonyl (C=O) groups is 1. The number of carbonyl (C=O) groups excluding carboxylic acids is 1. The Morgan fingerprint density at radius 3 is 2.79 bits per heavy atom. The number of ether oxygens (including phenoxy) is 2.